The van der Waals surface area contributed by atoms with Crippen molar-refractivity contribution in [1.29, 1.82) is 0 Å². The molecule has 0 radical (unpaired) electrons. The second-order valence-electron chi connectivity index (χ2n) is 20.6. The van der Waals surface area contributed by atoms with Gasteiger partial charge in [-0.1, -0.05) is 236 Å². The van der Waals surface area contributed by atoms with Crippen molar-refractivity contribution >= 4 is 13.7 Å². The van der Waals surface area contributed by atoms with Gasteiger partial charge in [-0.25, -0.2) is 0 Å². The molecule has 0 bridgehead atoms. The smallest absolute Gasteiger partial charge is 0.268 e. The van der Waals surface area contributed by atoms with Crippen molar-refractivity contribution in [2.45, 2.75) is 219 Å². The number of quaternary nitrogens is 1. The summed E-state index contributed by atoms with van der Waals surface area (Å²) in [6.45, 7) is 4.46. The molecule has 0 aliphatic carbocycles. The zero-order valence-corrected chi connectivity index (χ0v) is 49.8. The third kappa shape index (κ3) is 57.8. The van der Waals surface area contributed by atoms with Crippen LogP contribution >= 0.6 is 7.82 Å². The van der Waals surface area contributed by atoms with E-state index in [2.05, 4.69) is 165 Å². The van der Waals surface area contributed by atoms with Gasteiger partial charge in [0.1, 0.15) is 13.2 Å². The highest BCUT2D eigenvalue weighted by Gasteiger charge is 2.23. The van der Waals surface area contributed by atoms with Crippen LogP contribution in [-0.4, -0.2) is 68.5 Å². The summed E-state index contributed by atoms with van der Waals surface area (Å²) in [6, 6.07) is -0.930. The second kappa shape index (κ2) is 55.9. The monoisotopic (exact) mass is 1070 g/mol. The van der Waals surface area contributed by atoms with Gasteiger partial charge in [0, 0.05) is 6.42 Å². The number of likely N-dealkylation sites (N-methyl/N-ethyl adjacent to an activating group) is 1. The molecule has 0 aromatic rings. The van der Waals surface area contributed by atoms with Crippen LogP contribution in [0.2, 0.25) is 0 Å². The summed E-state index contributed by atoms with van der Waals surface area (Å²) >= 11 is 0. The number of unbranched alkanes of at least 4 members (excludes halogenated alkanes) is 15. The topological polar surface area (TPSA) is 108 Å². The Hall–Kier alpha value is -3.88. The maximum Gasteiger partial charge on any atom is 0.268 e. The van der Waals surface area contributed by atoms with E-state index in [0.717, 1.165) is 135 Å². The summed E-state index contributed by atoms with van der Waals surface area (Å²) in [5, 5.41) is 13.8. The van der Waals surface area contributed by atoms with Crippen LogP contribution in [0.25, 0.3) is 0 Å². The maximum atomic E-state index is 13.0. The highest BCUT2D eigenvalue weighted by molar-refractivity contribution is 7.45. The van der Waals surface area contributed by atoms with E-state index >= 15 is 0 Å². The maximum absolute atomic E-state index is 13.0. The molecule has 0 aromatic heterocycles. The van der Waals surface area contributed by atoms with Crippen molar-refractivity contribution in [3.63, 3.8) is 0 Å². The molecule has 0 aliphatic rings. The number of allylic oxidation sites excluding steroid dienone is 25. The first-order valence-corrected chi connectivity index (χ1v) is 31.3. The number of aliphatic hydroxyl groups is 1. The quantitative estimate of drug-likeness (QED) is 0.0272. The lowest BCUT2D eigenvalue weighted by Crippen LogP contribution is -2.45. The molecule has 0 aliphatic heterocycles. The van der Waals surface area contributed by atoms with Gasteiger partial charge in [0.2, 0.25) is 5.91 Å². The summed E-state index contributed by atoms with van der Waals surface area (Å²) in [7, 11) is 1.20. The predicted molar refractivity (Wildman–Crippen MR) is 329 cm³/mol. The number of nitrogens with zero attached hydrogens (tertiary/aromatic N) is 1. The second-order valence-corrected chi connectivity index (χ2v) is 22.0. The van der Waals surface area contributed by atoms with E-state index in [9.17, 15) is 19.4 Å². The first kappa shape index (κ1) is 72.1. The third-order valence-electron chi connectivity index (χ3n) is 12.2. The molecule has 1 amide bonds. The molecule has 9 heteroatoms. The fourth-order valence-electron chi connectivity index (χ4n) is 7.56. The Morgan fingerprint density at radius 2 is 0.816 bits per heavy atom. The van der Waals surface area contributed by atoms with Gasteiger partial charge in [-0.15, -0.1) is 0 Å². The molecule has 0 saturated heterocycles. The van der Waals surface area contributed by atoms with Crippen molar-refractivity contribution in [1.82, 2.24) is 5.32 Å². The molecule has 0 rings (SSSR count). The SMILES string of the molecule is CC/C=C\C/C=C\C/C=C\C/C=C\C/C=C\C/C=C\C/C=C\C/C=C\C/C=C\C/C=C\CCCCCCCCC(=O)NC(COP(=O)([O-])OCC[N+](C)(C)C)C(O)/C=C/CC/C=C/CC/C=C/CCCCCCCCC. The summed E-state index contributed by atoms with van der Waals surface area (Å²) < 4.78 is 23.3. The minimum absolute atomic E-state index is 0.0209. The molecule has 3 unspecified atom stereocenters. The van der Waals surface area contributed by atoms with E-state index in [-0.39, 0.29) is 12.5 Å². The molecule has 0 aromatic carbocycles. The van der Waals surface area contributed by atoms with E-state index in [1.165, 1.54) is 51.4 Å². The van der Waals surface area contributed by atoms with Crippen LogP contribution in [0.1, 0.15) is 206 Å². The van der Waals surface area contributed by atoms with Crippen LogP contribution in [0.5, 0.6) is 0 Å². The number of amides is 1. The van der Waals surface area contributed by atoms with Gasteiger partial charge in [-0.05, 0) is 122 Å². The number of hydrogen-bond acceptors (Lipinski definition) is 6. The fourth-order valence-corrected chi connectivity index (χ4v) is 8.29. The summed E-state index contributed by atoms with van der Waals surface area (Å²) in [5.41, 5.74) is 0. The Balaban J connectivity index is 4.27. The van der Waals surface area contributed by atoms with Gasteiger partial charge >= 0.3 is 0 Å². The number of phosphoric acid groups is 1. The van der Waals surface area contributed by atoms with Crippen molar-refractivity contribution < 1.29 is 32.9 Å². The van der Waals surface area contributed by atoms with E-state index < -0.39 is 26.6 Å². The zero-order chi connectivity index (χ0) is 55.6. The lowest BCUT2D eigenvalue weighted by atomic mass is 10.1. The highest BCUT2D eigenvalue weighted by Crippen LogP contribution is 2.38. The molecule has 0 heterocycles. The molecule has 2 N–H and O–H groups in total. The van der Waals surface area contributed by atoms with Crippen LogP contribution in [-0.2, 0) is 18.4 Å². The molecule has 0 fully saturated rings. The molecular weight excluding hydrogens is 960 g/mol. The molecule has 8 nitrogen and oxygen atoms in total. The van der Waals surface area contributed by atoms with Crippen LogP contribution in [0, 0.1) is 0 Å². The van der Waals surface area contributed by atoms with E-state index in [1.54, 1.807) is 6.08 Å². The summed E-state index contributed by atoms with van der Waals surface area (Å²) in [6.07, 6.45) is 87.5. The van der Waals surface area contributed by atoms with E-state index in [1.807, 2.05) is 27.2 Å². The van der Waals surface area contributed by atoms with E-state index in [4.69, 9.17) is 9.05 Å². The average Bonchev–Trinajstić information content (AvgIpc) is 3.38. The number of carbonyl (C=O) groups excluding carboxylic acids is 1. The van der Waals surface area contributed by atoms with Gasteiger partial charge in [0.25, 0.3) is 7.82 Å². The minimum Gasteiger partial charge on any atom is -0.756 e. The normalized spacial score (nSPS) is 15.0. The number of nitrogens with one attached hydrogen (secondary N) is 1. The van der Waals surface area contributed by atoms with E-state index in [0.29, 0.717) is 17.4 Å². The number of hydrogen-bond donors (Lipinski definition) is 2. The molecular formula is C67H111N2O6P. The van der Waals surface area contributed by atoms with Crippen molar-refractivity contribution in [3.05, 3.63) is 158 Å². The van der Waals surface area contributed by atoms with Gasteiger partial charge in [0.05, 0.1) is 39.9 Å². The van der Waals surface area contributed by atoms with Crippen molar-refractivity contribution in [2.24, 2.45) is 0 Å². The van der Waals surface area contributed by atoms with Crippen LogP contribution in [0.3, 0.4) is 0 Å². The number of carbonyl (C=O) groups is 1. The Morgan fingerprint density at radius 1 is 0.474 bits per heavy atom. The minimum atomic E-state index is -4.62. The number of aliphatic hydroxyl groups excluding tert-OH is 1. The van der Waals surface area contributed by atoms with Crippen LogP contribution < -0.4 is 10.2 Å². The van der Waals surface area contributed by atoms with Crippen molar-refractivity contribution in [3.8, 4) is 0 Å². The fraction of sp³-hybridized carbons (Fsp3) is 0.597. The largest absolute Gasteiger partial charge is 0.756 e. The highest BCUT2D eigenvalue weighted by atomic mass is 31.2. The zero-order valence-electron chi connectivity index (χ0n) is 48.9. The van der Waals surface area contributed by atoms with Crippen LogP contribution in [0.15, 0.2) is 158 Å². The molecule has 76 heavy (non-hydrogen) atoms. The molecule has 3 atom stereocenters. The first-order chi connectivity index (χ1) is 37.0. The average molecular weight is 1070 g/mol. The van der Waals surface area contributed by atoms with Crippen molar-refractivity contribution in [2.75, 3.05) is 40.9 Å². The number of rotatable bonds is 52. The Labute approximate surface area is 467 Å². The van der Waals surface area contributed by atoms with Crippen LogP contribution in [0.4, 0.5) is 0 Å². The van der Waals surface area contributed by atoms with Gasteiger partial charge in [0.15, 0.2) is 0 Å². The standard InChI is InChI=1S/C67H111N2O6P/c1-6-8-10-12-14-16-18-20-22-24-25-26-27-28-29-30-31-32-33-34-35-36-37-38-39-40-41-42-43-45-47-49-51-53-55-57-59-61-67(71)68-65(64-75-76(72,73)74-63-62-69(3,4)5)66(70)60-58-56-54-52-50-48-46-44-23-21-19-17-15-13-11-9-7-2/h8,10,14,16,20,22-23,25-26,28-29,31-32,34-35,37-38,40-41,43-45,50,52,58,60,65-66,70H,6-7,9,11-13,15,17-19,21,24,27,30,33,36,39,42,46-49,51,53-57,59,61-64H2,1-5H3,(H-,68,71,72,73)/b10-8-,16-14-,22-20-,26-25-,29-28-,32-31-,35-34-,38-37-,41-40-,44-23+,45-43-,52-50+,60-58+. The number of phosphoric ester groups is 1. The lowest BCUT2D eigenvalue weighted by molar-refractivity contribution is -0.870. The molecule has 430 valence electrons. The summed E-state index contributed by atoms with van der Waals surface area (Å²) in [4.78, 5) is 25.5. The first-order valence-electron chi connectivity index (χ1n) is 29.8. The Kier molecular flexibility index (Phi) is 53.0. The molecule has 0 saturated carbocycles. The molecule has 0 spiro atoms. The van der Waals surface area contributed by atoms with Gasteiger partial charge < -0.3 is 28.8 Å². The lowest BCUT2D eigenvalue weighted by Gasteiger charge is -2.29. The Bertz CT molecular complexity index is 1790. The predicted octanol–water partition coefficient (Wildman–Crippen LogP) is 18.0. The summed E-state index contributed by atoms with van der Waals surface area (Å²) in [5.74, 6) is -0.233. The third-order valence-corrected chi connectivity index (χ3v) is 13.2. The Morgan fingerprint density at radius 3 is 1.22 bits per heavy atom. The van der Waals surface area contributed by atoms with Gasteiger partial charge in [-0.2, -0.15) is 0 Å². The van der Waals surface area contributed by atoms with Gasteiger partial charge in [-0.3, -0.25) is 9.36 Å².